The molecule has 1 aromatic rings. The van der Waals surface area contributed by atoms with Gasteiger partial charge >= 0.3 is 0 Å². The average Bonchev–Trinajstić information content (AvgIpc) is 2.27. The van der Waals surface area contributed by atoms with Crippen molar-refractivity contribution >= 4 is 0 Å². The SMILES string of the molecule is CCCC(CCC)C(O)c1c(F)cc(F)cc1F. The van der Waals surface area contributed by atoms with Gasteiger partial charge in [-0.1, -0.05) is 26.7 Å². The van der Waals surface area contributed by atoms with Gasteiger partial charge in [0.05, 0.1) is 11.7 Å². The van der Waals surface area contributed by atoms with Crippen molar-refractivity contribution in [3.05, 3.63) is 35.1 Å². The molecule has 0 saturated heterocycles. The maximum Gasteiger partial charge on any atom is 0.134 e. The molecule has 1 unspecified atom stereocenters. The quantitative estimate of drug-likeness (QED) is 0.806. The summed E-state index contributed by atoms with van der Waals surface area (Å²) in [5.41, 5.74) is -0.414. The fraction of sp³-hybridized carbons (Fsp3) is 0.571. The van der Waals surface area contributed by atoms with Gasteiger partial charge in [-0.2, -0.15) is 0 Å². The van der Waals surface area contributed by atoms with Gasteiger partial charge in [-0.25, -0.2) is 13.2 Å². The smallest absolute Gasteiger partial charge is 0.134 e. The van der Waals surface area contributed by atoms with E-state index in [-0.39, 0.29) is 5.92 Å². The molecule has 1 aromatic carbocycles. The van der Waals surface area contributed by atoms with Crippen LogP contribution in [0.2, 0.25) is 0 Å². The molecule has 0 heterocycles. The van der Waals surface area contributed by atoms with E-state index in [0.717, 1.165) is 12.8 Å². The molecule has 0 fully saturated rings. The Morgan fingerprint density at radius 1 is 1.00 bits per heavy atom. The number of hydrogen-bond acceptors (Lipinski definition) is 1. The van der Waals surface area contributed by atoms with Crippen LogP contribution < -0.4 is 0 Å². The van der Waals surface area contributed by atoms with Crippen LogP contribution in [0.4, 0.5) is 13.2 Å². The Morgan fingerprint density at radius 2 is 1.44 bits per heavy atom. The lowest BCUT2D eigenvalue weighted by atomic mass is 9.88. The van der Waals surface area contributed by atoms with Crippen LogP contribution in [-0.2, 0) is 0 Å². The zero-order valence-electron chi connectivity index (χ0n) is 10.7. The molecule has 0 aliphatic heterocycles. The van der Waals surface area contributed by atoms with Crippen LogP contribution >= 0.6 is 0 Å². The van der Waals surface area contributed by atoms with Crippen LogP contribution in [0.1, 0.15) is 51.2 Å². The molecule has 0 spiro atoms. The first-order valence-corrected chi connectivity index (χ1v) is 6.33. The number of hydrogen-bond donors (Lipinski definition) is 1. The van der Waals surface area contributed by atoms with E-state index in [2.05, 4.69) is 0 Å². The lowest BCUT2D eigenvalue weighted by Crippen LogP contribution is -2.16. The Kier molecular flexibility index (Phi) is 5.66. The highest BCUT2D eigenvalue weighted by molar-refractivity contribution is 5.23. The van der Waals surface area contributed by atoms with E-state index in [0.29, 0.717) is 25.0 Å². The van der Waals surface area contributed by atoms with Gasteiger partial charge in [0, 0.05) is 12.1 Å². The van der Waals surface area contributed by atoms with Crippen molar-refractivity contribution in [1.29, 1.82) is 0 Å². The van der Waals surface area contributed by atoms with Crippen LogP contribution in [0.5, 0.6) is 0 Å². The van der Waals surface area contributed by atoms with E-state index >= 15 is 0 Å². The second-order valence-electron chi connectivity index (χ2n) is 4.57. The van der Waals surface area contributed by atoms with Gasteiger partial charge in [-0.3, -0.25) is 0 Å². The van der Waals surface area contributed by atoms with Crippen LogP contribution in [0.3, 0.4) is 0 Å². The van der Waals surface area contributed by atoms with Gasteiger partial charge in [0.2, 0.25) is 0 Å². The molecular weight excluding hydrogens is 241 g/mol. The minimum atomic E-state index is -1.22. The first-order valence-electron chi connectivity index (χ1n) is 6.33. The zero-order chi connectivity index (χ0) is 13.7. The van der Waals surface area contributed by atoms with Crippen molar-refractivity contribution in [3.8, 4) is 0 Å². The van der Waals surface area contributed by atoms with E-state index in [1.54, 1.807) is 0 Å². The lowest BCUT2D eigenvalue weighted by molar-refractivity contribution is 0.0890. The summed E-state index contributed by atoms with van der Waals surface area (Å²) in [5.74, 6) is -3.20. The van der Waals surface area contributed by atoms with Gasteiger partial charge in [0.25, 0.3) is 0 Å². The highest BCUT2D eigenvalue weighted by Crippen LogP contribution is 2.32. The van der Waals surface area contributed by atoms with E-state index < -0.39 is 29.1 Å². The third-order valence-electron chi connectivity index (χ3n) is 3.11. The van der Waals surface area contributed by atoms with Crippen molar-refractivity contribution in [2.75, 3.05) is 0 Å². The molecule has 1 nitrogen and oxygen atoms in total. The molecule has 0 aliphatic rings. The minimum absolute atomic E-state index is 0.200. The van der Waals surface area contributed by atoms with E-state index in [1.165, 1.54) is 0 Å². The van der Waals surface area contributed by atoms with Crippen LogP contribution in [-0.4, -0.2) is 5.11 Å². The molecule has 0 amide bonds. The normalized spacial score (nSPS) is 13.1. The summed E-state index contributed by atoms with van der Waals surface area (Å²) in [6.45, 7) is 3.90. The predicted molar refractivity (Wildman–Crippen MR) is 64.6 cm³/mol. The van der Waals surface area contributed by atoms with Crippen molar-refractivity contribution in [1.82, 2.24) is 0 Å². The van der Waals surface area contributed by atoms with Crippen molar-refractivity contribution in [2.45, 2.75) is 45.6 Å². The first-order chi connectivity index (χ1) is 8.51. The standard InChI is InChI=1S/C14H19F3O/c1-3-5-9(6-4-2)14(18)13-11(16)7-10(15)8-12(13)17/h7-9,14,18H,3-6H2,1-2H3. The number of aliphatic hydroxyl groups is 1. The van der Waals surface area contributed by atoms with Gasteiger partial charge < -0.3 is 5.11 Å². The van der Waals surface area contributed by atoms with Crippen molar-refractivity contribution in [3.63, 3.8) is 0 Å². The second kappa shape index (κ2) is 6.78. The second-order valence-corrected chi connectivity index (χ2v) is 4.57. The molecule has 4 heteroatoms. The third-order valence-corrected chi connectivity index (χ3v) is 3.11. The van der Waals surface area contributed by atoms with Crippen LogP contribution in [0.25, 0.3) is 0 Å². The number of halogens is 3. The number of benzene rings is 1. The van der Waals surface area contributed by atoms with E-state index in [4.69, 9.17) is 0 Å². The van der Waals surface area contributed by atoms with E-state index in [9.17, 15) is 18.3 Å². The Balaban J connectivity index is 3.03. The Hall–Kier alpha value is -1.03. The molecule has 0 radical (unpaired) electrons. The average molecular weight is 260 g/mol. The molecule has 1 rings (SSSR count). The van der Waals surface area contributed by atoms with Crippen LogP contribution in [0.15, 0.2) is 12.1 Å². The summed E-state index contributed by atoms with van der Waals surface area (Å²) < 4.78 is 39.9. The molecule has 1 N–H and O–H groups in total. The maximum atomic E-state index is 13.6. The minimum Gasteiger partial charge on any atom is -0.388 e. The lowest BCUT2D eigenvalue weighted by Gasteiger charge is -2.23. The number of rotatable bonds is 6. The molecule has 0 saturated carbocycles. The zero-order valence-corrected chi connectivity index (χ0v) is 10.7. The predicted octanol–water partition coefficient (Wildman–Crippen LogP) is 4.35. The van der Waals surface area contributed by atoms with E-state index in [1.807, 2.05) is 13.8 Å². The topological polar surface area (TPSA) is 20.2 Å². The van der Waals surface area contributed by atoms with Gasteiger partial charge in [0.1, 0.15) is 17.5 Å². The summed E-state index contributed by atoms with van der Waals surface area (Å²) in [5, 5.41) is 10.1. The number of aliphatic hydroxyl groups excluding tert-OH is 1. The molecule has 18 heavy (non-hydrogen) atoms. The Bertz CT molecular complexity index is 364. The van der Waals surface area contributed by atoms with Crippen LogP contribution in [0, 0.1) is 23.4 Å². The van der Waals surface area contributed by atoms with Crippen molar-refractivity contribution in [2.24, 2.45) is 5.92 Å². The largest absolute Gasteiger partial charge is 0.388 e. The summed E-state index contributed by atoms with van der Waals surface area (Å²) in [6, 6.07) is 1.22. The monoisotopic (exact) mass is 260 g/mol. The molecular formula is C14H19F3O. The summed E-state index contributed by atoms with van der Waals surface area (Å²) in [7, 11) is 0. The molecule has 1 atom stereocenters. The molecule has 0 aliphatic carbocycles. The van der Waals surface area contributed by atoms with Gasteiger partial charge in [-0.15, -0.1) is 0 Å². The first kappa shape index (κ1) is 15.0. The Labute approximate surface area is 106 Å². The summed E-state index contributed by atoms with van der Waals surface area (Å²) in [4.78, 5) is 0. The summed E-state index contributed by atoms with van der Waals surface area (Å²) in [6.07, 6.45) is 1.81. The highest BCUT2D eigenvalue weighted by Gasteiger charge is 2.26. The molecule has 0 aromatic heterocycles. The maximum absolute atomic E-state index is 13.6. The fourth-order valence-corrected chi connectivity index (χ4v) is 2.27. The van der Waals surface area contributed by atoms with Gasteiger partial charge in [0.15, 0.2) is 0 Å². The summed E-state index contributed by atoms with van der Waals surface area (Å²) >= 11 is 0. The highest BCUT2D eigenvalue weighted by atomic mass is 19.1. The fourth-order valence-electron chi connectivity index (χ4n) is 2.27. The van der Waals surface area contributed by atoms with Gasteiger partial charge in [-0.05, 0) is 18.8 Å². The van der Waals surface area contributed by atoms with Crippen molar-refractivity contribution < 1.29 is 18.3 Å². The third kappa shape index (κ3) is 3.48. The molecule has 102 valence electrons. The Morgan fingerprint density at radius 3 is 1.83 bits per heavy atom. The molecule has 0 bridgehead atoms.